The van der Waals surface area contributed by atoms with Crippen molar-refractivity contribution in [1.82, 2.24) is 5.32 Å². The zero-order chi connectivity index (χ0) is 26.3. The number of carbonyl (C=O) groups is 1. The minimum Gasteiger partial charge on any atom is -0.455 e. The Morgan fingerprint density at radius 2 is 1.92 bits per heavy atom. The Balaban J connectivity index is 1.68. The molecule has 1 saturated carbocycles. The molecule has 0 unspecified atom stereocenters. The van der Waals surface area contributed by atoms with E-state index in [1.807, 2.05) is 12.1 Å². The minimum absolute atomic E-state index is 0.0783. The monoisotopic (exact) mass is 538 g/mol. The normalized spacial score (nSPS) is 13.2. The van der Waals surface area contributed by atoms with E-state index in [1.54, 1.807) is 36.4 Å². The molecule has 0 saturated heterocycles. The number of rotatable bonds is 8. The van der Waals surface area contributed by atoms with Crippen LogP contribution in [-0.4, -0.2) is 21.4 Å². The SMILES string of the molecule is C=Cc1ccc(CN(c2cc3oc(-c4ccc(F)cc4)c(C(=O)NC)c3cc2C2CC2)[SH](=O)=O)cc1Cl. The fourth-order valence-corrected chi connectivity index (χ4v) is 5.40. The number of nitrogens with zero attached hydrogens (tertiary/aromatic N) is 1. The van der Waals surface area contributed by atoms with E-state index in [2.05, 4.69) is 11.9 Å². The summed E-state index contributed by atoms with van der Waals surface area (Å²) in [6.45, 7) is 3.81. The van der Waals surface area contributed by atoms with E-state index in [9.17, 15) is 17.6 Å². The van der Waals surface area contributed by atoms with Gasteiger partial charge in [0.15, 0.2) is 0 Å². The lowest BCUT2D eigenvalue weighted by Crippen LogP contribution is -2.22. The van der Waals surface area contributed by atoms with Crippen molar-refractivity contribution in [2.45, 2.75) is 25.3 Å². The Labute approximate surface area is 220 Å². The summed E-state index contributed by atoms with van der Waals surface area (Å²) >= 11 is 6.32. The first-order chi connectivity index (χ1) is 17.8. The smallest absolute Gasteiger partial charge is 0.255 e. The van der Waals surface area contributed by atoms with Crippen molar-refractivity contribution < 1.29 is 22.0 Å². The molecule has 1 aliphatic rings. The van der Waals surface area contributed by atoms with Gasteiger partial charge in [-0.2, -0.15) is 0 Å². The number of amides is 1. The molecule has 3 aromatic carbocycles. The molecule has 0 aliphatic heterocycles. The zero-order valence-corrected chi connectivity index (χ0v) is 21.6. The van der Waals surface area contributed by atoms with Gasteiger partial charge < -0.3 is 9.73 Å². The van der Waals surface area contributed by atoms with E-state index in [1.165, 1.54) is 23.5 Å². The summed E-state index contributed by atoms with van der Waals surface area (Å²) in [5, 5.41) is 3.70. The summed E-state index contributed by atoms with van der Waals surface area (Å²) in [7, 11) is -1.48. The molecule has 1 aliphatic carbocycles. The average Bonchev–Trinajstić information content (AvgIpc) is 3.67. The van der Waals surface area contributed by atoms with Crippen LogP contribution >= 0.6 is 11.6 Å². The van der Waals surface area contributed by atoms with Gasteiger partial charge in [-0.15, -0.1) is 0 Å². The van der Waals surface area contributed by atoms with Crippen LogP contribution in [-0.2, 0) is 17.4 Å². The second-order valence-corrected chi connectivity index (χ2v) is 10.3. The number of furan rings is 1. The van der Waals surface area contributed by atoms with Crippen LogP contribution in [0.4, 0.5) is 10.1 Å². The lowest BCUT2D eigenvalue weighted by molar-refractivity contribution is 0.0964. The highest BCUT2D eigenvalue weighted by Gasteiger charge is 2.32. The van der Waals surface area contributed by atoms with Gasteiger partial charge in [-0.3, -0.25) is 9.10 Å². The topological polar surface area (TPSA) is 79.6 Å². The van der Waals surface area contributed by atoms with Gasteiger partial charge >= 0.3 is 0 Å². The summed E-state index contributed by atoms with van der Waals surface area (Å²) < 4.78 is 46.0. The van der Waals surface area contributed by atoms with Crippen molar-refractivity contribution in [1.29, 1.82) is 0 Å². The van der Waals surface area contributed by atoms with Crippen LogP contribution in [0.25, 0.3) is 28.4 Å². The predicted molar refractivity (Wildman–Crippen MR) is 145 cm³/mol. The third kappa shape index (κ3) is 4.86. The first kappa shape index (κ1) is 25.0. The van der Waals surface area contributed by atoms with Crippen LogP contribution in [0, 0.1) is 5.82 Å². The number of nitrogens with one attached hydrogen (secondary N) is 1. The molecule has 0 spiro atoms. The first-order valence-corrected chi connectivity index (χ1v) is 13.2. The van der Waals surface area contributed by atoms with Crippen molar-refractivity contribution in [3.8, 4) is 11.3 Å². The third-order valence-electron chi connectivity index (χ3n) is 6.51. The van der Waals surface area contributed by atoms with E-state index < -0.39 is 16.7 Å². The van der Waals surface area contributed by atoms with E-state index >= 15 is 0 Å². The van der Waals surface area contributed by atoms with Gasteiger partial charge in [-0.25, -0.2) is 12.8 Å². The summed E-state index contributed by atoms with van der Waals surface area (Å²) in [6, 6.07) is 14.5. The molecule has 5 rings (SSSR count). The van der Waals surface area contributed by atoms with Crippen LogP contribution in [0.1, 0.15) is 45.8 Å². The molecule has 190 valence electrons. The maximum absolute atomic E-state index is 13.6. The standard InChI is InChI=1S/C28H24ClFN2O4S/c1-3-17-5-4-16(12-23(17)29)15-32(37(34)35)24-14-25-22(13-21(24)18-6-7-18)26(28(33)31-2)27(36-25)19-8-10-20(30)11-9-19/h3-5,8-14,18,37H,1,6-7,15H2,2H3,(H,31,33). The zero-order valence-electron chi connectivity index (χ0n) is 20.0. The molecule has 1 heterocycles. The van der Waals surface area contributed by atoms with Crippen LogP contribution in [0.15, 0.2) is 65.6 Å². The molecule has 0 atom stereocenters. The highest BCUT2D eigenvalue weighted by atomic mass is 35.5. The number of fused-ring (bicyclic) bond motifs is 1. The summed E-state index contributed by atoms with van der Waals surface area (Å²) in [4.78, 5) is 12.9. The Morgan fingerprint density at radius 3 is 2.51 bits per heavy atom. The Hall–Kier alpha value is -3.62. The Morgan fingerprint density at radius 1 is 1.19 bits per heavy atom. The number of hydrogen-bond donors (Lipinski definition) is 2. The van der Waals surface area contributed by atoms with E-state index in [0.29, 0.717) is 38.4 Å². The highest BCUT2D eigenvalue weighted by molar-refractivity contribution is 7.74. The molecule has 0 bridgehead atoms. The molecule has 1 N–H and O–H groups in total. The third-order valence-corrected chi connectivity index (χ3v) is 7.59. The fourth-order valence-electron chi connectivity index (χ4n) is 4.49. The molecule has 6 nitrogen and oxygen atoms in total. The number of hydrogen-bond acceptors (Lipinski definition) is 4. The number of thiol groups is 1. The molecule has 4 aromatic rings. The number of benzene rings is 3. The second kappa shape index (κ2) is 10.0. The van der Waals surface area contributed by atoms with Crippen LogP contribution in [0.2, 0.25) is 5.02 Å². The first-order valence-electron chi connectivity index (χ1n) is 11.7. The lowest BCUT2D eigenvalue weighted by Gasteiger charge is -2.21. The van der Waals surface area contributed by atoms with Gasteiger partial charge in [0, 0.05) is 29.1 Å². The Kier molecular flexibility index (Phi) is 6.79. The van der Waals surface area contributed by atoms with Gasteiger partial charge in [0.25, 0.3) is 5.91 Å². The van der Waals surface area contributed by atoms with Crippen LogP contribution in [0.3, 0.4) is 0 Å². The van der Waals surface area contributed by atoms with Gasteiger partial charge in [-0.1, -0.05) is 36.4 Å². The summed E-state index contributed by atoms with van der Waals surface area (Å²) in [5.74, 6) is -0.296. The van der Waals surface area contributed by atoms with Gasteiger partial charge in [0.2, 0.25) is 10.9 Å². The van der Waals surface area contributed by atoms with Crippen LogP contribution < -0.4 is 9.62 Å². The molecule has 37 heavy (non-hydrogen) atoms. The maximum Gasteiger partial charge on any atom is 0.255 e. The van der Waals surface area contributed by atoms with E-state index in [-0.39, 0.29) is 24.1 Å². The number of halogens is 2. The van der Waals surface area contributed by atoms with Crippen molar-refractivity contribution >= 4 is 51.1 Å². The lowest BCUT2D eigenvalue weighted by atomic mass is 10.00. The molecular weight excluding hydrogens is 515 g/mol. The maximum atomic E-state index is 13.6. The van der Waals surface area contributed by atoms with Gasteiger partial charge in [0.05, 0.1) is 17.8 Å². The Bertz CT molecular complexity index is 1600. The molecule has 1 amide bonds. The fraction of sp³-hybridized carbons (Fsp3) is 0.179. The molecule has 9 heteroatoms. The highest BCUT2D eigenvalue weighted by Crippen LogP contribution is 2.48. The van der Waals surface area contributed by atoms with E-state index in [4.69, 9.17) is 16.0 Å². The van der Waals surface area contributed by atoms with E-state index in [0.717, 1.165) is 24.0 Å². The van der Waals surface area contributed by atoms with Crippen molar-refractivity contribution in [3.63, 3.8) is 0 Å². The molecule has 1 aromatic heterocycles. The van der Waals surface area contributed by atoms with Crippen molar-refractivity contribution in [2.75, 3.05) is 11.4 Å². The largest absolute Gasteiger partial charge is 0.455 e. The van der Waals surface area contributed by atoms with Crippen molar-refractivity contribution in [3.05, 3.63) is 94.3 Å². The second-order valence-electron chi connectivity index (χ2n) is 8.93. The summed E-state index contributed by atoms with van der Waals surface area (Å²) in [6.07, 6.45) is 3.47. The van der Waals surface area contributed by atoms with Gasteiger partial charge in [-0.05, 0) is 71.8 Å². The molecule has 0 radical (unpaired) electrons. The predicted octanol–water partition coefficient (Wildman–Crippen LogP) is 6.31. The van der Waals surface area contributed by atoms with Crippen molar-refractivity contribution in [2.24, 2.45) is 0 Å². The molecule has 1 fully saturated rings. The number of carbonyl (C=O) groups excluding carboxylic acids is 1. The minimum atomic E-state index is -3.01. The quantitative estimate of drug-likeness (QED) is 0.258. The van der Waals surface area contributed by atoms with Gasteiger partial charge in [0.1, 0.15) is 17.2 Å². The van der Waals surface area contributed by atoms with Crippen LogP contribution in [0.5, 0.6) is 0 Å². The number of anilines is 1. The average molecular weight is 539 g/mol. The summed E-state index contributed by atoms with van der Waals surface area (Å²) in [5.41, 5.74) is 4.02. The molecular formula is C28H24ClFN2O4S.